The number of aryl methyl sites for hydroxylation is 1. The molecule has 2 heterocycles. The molecule has 1 aliphatic carbocycles. The van der Waals surface area contributed by atoms with Crippen LogP contribution in [-0.4, -0.2) is 23.7 Å². The van der Waals surface area contributed by atoms with E-state index in [0.29, 0.717) is 51.6 Å². The van der Waals surface area contributed by atoms with E-state index in [0.717, 1.165) is 40.7 Å². The van der Waals surface area contributed by atoms with Crippen LogP contribution in [0.1, 0.15) is 46.2 Å². The van der Waals surface area contributed by atoms with Crippen molar-refractivity contribution >= 4 is 29.2 Å². The van der Waals surface area contributed by atoms with Crippen molar-refractivity contribution in [2.45, 2.75) is 31.8 Å². The number of fused-ring (bicyclic) bond motifs is 6. The maximum atomic E-state index is 13.4. The summed E-state index contributed by atoms with van der Waals surface area (Å²) in [6, 6.07) is 19.3. The molecule has 0 saturated heterocycles. The molecule has 3 aromatic rings. The van der Waals surface area contributed by atoms with Crippen LogP contribution in [0, 0.1) is 12.8 Å². The van der Waals surface area contributed by atoms with Crippen LogP contribution in [0.4, 0.5) is 0 Å². The van der Waals surface area contributed by atoms with Gasteiger partial charge < -0.3 is 9.84 Å². The number of aliphatic imine (C=N–C) groups is 1. The third-order valence-electron chi connectivity index (χ3n) is 8.01. The summed E-state index contributed by atoms with van der Waals surface area (Å²) in [5, 5.41) is 13.1. The van der Waals surface area contributed by atoms with E-state index < -0.39 is 5.60 Å². The Bertz CT molecular complexity index is 1670. The van der Waals surface area contributed by atoms with Gasteiger partial charge in [0.1, 0.15) is 11.4 Å². The van der Waals surface area contributed by atoms with E-state index in [2.05, 4.69) is 30.3 Å². The summed E-state index contributed by atoms with van der Waals surface area (Å²) in [7, 11) is 0. The smallest absolute Gasteiger partial charge is 0.182 e. The molecule has 1 atom stereocenters. The van der Waals surface area contributed by atoms with E-state index >= 15 is 0 Å². The molecule has 40 heavy (non-hydrogen) atoms. The average Bonchev–Trinajstić information content (AvgIpc) is 3.71. The second-order valence-corrected chi connectivity index (χ2v) is 11.2. The van der Waals surface area contributed by atoms with Gasteiger partial charge >= 0.3 is 0 Å². The zero-order valence-electron chi connectivity index (χ0n) is 22.4. The summed E-state index contributed by atoms with van der Waals surface area (Å²) in [5.41, 5.74) is 6.06. The van der Waals surface area contributed by atoms with Gasteiger partial charge in [-0.15, -0.1) is 0 Å². The van der Waals surface area contributed by atoms with Crippen LogP contribution < -0.4 is 4.74 Å². The number of hydrogen-bond acceptors (Lipinski definition) is 4. The van der Waals surface area contributed by atoms with E-state index in [1.165, 1.54) is 0 Å². The molecular formula is C35H30ClNO3. The quantitative estimate of drug-likeness (QED) is 0.348. The van der Waals surface area contributed by atoms with Crippen LogP contribution in [0.3, 0.4) is 0 Å². The third-order valence-corrected chi connectivity index (χ3v) is 8.32. The van der Waals surface area contributed by atoms with Crippen LogP contribution >= 0.6 is 11.6 Å². The number of nitrogens with zero attached hydrogens (tertiary/aromatic N) is 1. The monoisotopic (exact) mass is 547 g/mol. The van der Waals surface area contributed by atoms with Crippen molar-refractivity contribution in [3.63, 3.8) is 0 Å². The second kappa shape index (κ2) is 10.2. The summed E-state index contributed by atoms with van der Waals surface area (Å²) in [5.74, 6) is 0.700. The number of aliphatic hydroxyl groups is 1. The molecule has 0 radical (unpaired) electrons. The fourth-order valence-corrected chi connectivity index (χ4v) is 5.65. The average molecular weight is 548 g/mol. The Kier molecular flexibility index (Phi) is 6.69. The van der Waals surface area contributed by atoms with Gasteiger partial charge in [0.05, 0.1) is 11.6 Å². The molecule has 3 aliphatic rings. The molecule has 1 saturated carbocycles. The van der Waals surface area contributed by atoms with Crippen LogP contribution in [-0.2, 0) is 16.8 Å². The van der Waals surface area contributed by atoms with Crippen LogP contribution in [0.2, 0.25) is 5.02 Å². The predicted molar refractivity (Wildman–Crippen MR) is 161 cm³/mol. The first-order valence-corrected chi connectivity index (χ1v) is 13.9. The van der Waals surface area contributed by atoms with Gasteiger partial charge in [-0.2, -0.15) is 0 Å². The Balaban J connectivity index is 1.62. The van der Waals surface area contributed by atoms with E-state index in [1.807, 2.05) is 37.3 Å². The maximum Gasteiger partial charge on any atom is 0.182 e. The predicted octanol–water partition coefficient (Wildman–Crippen LogP) is 7.31. The summed E-state index contributed by atoms with van der Waals surface area (Å²) in [6.07, 6.45) is 7.65. The third kappa shape index (κ3) is 4.68. The first-order chi connectivity index (χ1) is 19.3. The topological polar surface area (TPSA) is 58.9 Å². The van der Waals surface area contributed by atoms with E-state index in [-0.39, 0.29) is 11.7 Å². The first kappa shape index (κ1) is 26.2. The molecule has 3 aromatic carbocycles. The normalized spacial score (nSPS) is 21.0. The first-order valence-electron chi connectivity index (χ1n) is 13.5. The van der Waals surface area contributed by atoms with Crippen LogP contribution in [0.15, 0.2) is 108 Å². The molecule has 0 aromatic heterocycles. The van der Waals surface area contributed by atoms with E-state index in [9.17, 15) is 9.90 Å². The van der Waals surface area contributed by atoms with Crippen molar-refractivity contribution in [1.82, 2.24) is 0 Å². The standard InChI is InChI=1S/C35H30ClNO3/c1-21-7-10-27-16-29(21)30(18-33(38)23(3)25-8-9-25)26-6-4-5-24(15-26)13-14-40-34-17-28(11-12-32(34)36)35(27,39)31-20-37-19-22(31)2/h4-7,10-12,15-20,25,39H,2-3,8-9,13-14H2,1H3/b30-18-. The molecule has 1 fully saturated rings. The number of halogens is 1. The Labute approximate surface area is 239 Å². The maximum absolute atomic E-state index is 13.4. The van der Waals surface area contributed by atoms with E-state index in [4.69, 9.17) is 16.3 Å². The van der Waals surface area contributed by atoms with Gasteiger partial charge in [-0.25, -0.2) is 0 Å². The minimum atomic E-state index is -1.60. The summed E-state index contributed by atoms with van der Waals surface area (Å²) >= 11 is 6.53. The molecule has 200 valence electrons. The minimum absolute atomic E-state index is 0.0601. The fourth-order valence-electron chi connectivity index (χ4n) is 5.48. The Morgan fingerprint density at radius 1 is 1.12 bits per heavy atom. The number of ether oxygens (including phenoxy) is 1. The lowest BCUT2D eigenvalue weighted by molar-refractivity contribution is -0.111. The van der Waals surface area contributed by atoms with Gasteiger partial charge in [-0.3, -0.25) is 9.79 Å². The molecule has 0 amide bonds. The highest BCUT2D eigenvalue weighted by molar-refractivity contribution is 6.32. The highest BCUT2D eigenvalue weighted by Gasteiger charge is 2.39. The number of carbonyl (C=O) groups is 1. The molecular weight excluding hydrogens is 518 g/mol. The molecule has 6 bridgehead atoms. The summed E-state index contributed by atoms with van der Waals surface area (Å²) in [4.78, 5) is 17.7. The summed E-state index contributed by atoms with van der Waals surface area (Å²) < 4.78 is 6.14. The molecule has 1 unspecified atom stereocenters. The number of benzene rings is 3. The highest BCUT2D eigenvalue weighted by Crippen LogP contribution is 2.45. The zero-order valence-corrected chi connectivity index (χ0v) is 23.2. The number of hydrogen-bond donors (Lipinski definition) is 1. The zero-order chi connectivity index (χ0) is 28.0. The van der Waals surface area contributed by atoms with Gasteiger partial charge in [0, 0.05) is 24.4 Å². The van der Waals surface area contributed by atoms with Crippen molar-refractivity contribution in [3.8, 4) is 5.75 Å². The lowest BCUT2D eigenvalue weighted by Crippen LogP contribution is -2.30. The van der Waals surface area contributed by atoms with E-state index in [1.54, 1.807) is 36.7 Å². The lowest BCUT2D eigenvalue weighted by atomic mass is 9.76. The molecule has 5 heteroatoms. The lowest BCUT2D eigenvalue weighted by Gasteiger charge is -2.32. The molecule has 1 N–H and O–H groups in total. The molecule has 0 spiro atoms. The number of carbonyl (C=O) groups excluding carboxylic acids is 1. The number of ketones is 1. The van der Waals surface area contributed by atoms with Crippen molar-refractivity contribution in [3.05, 3.63) is 141 Å². The number of rotatable bonds is 4. The molecule has 2 aliphatic heterocycles. The van der Waals surface area contributed by atoms with Crippen LogP contribution in [0.5, 0.6) is 5.75 Å². The van der Waals surface area contributed by atoms with Gasteiger partial charge in [0.15, 0.2) is 5.78 Å². The van der Waals surface area contributed by atoms with Crippen LogP contribution in [0.25, 0.3) is 5.57 Å². The minimum Gasteiger partial charge on any atom is -0.492 e. The van der Waals surface area contributed by atoms with Gasteiger partial charge in [-0.05, 0) is 100 Å². The van der Waals surface area contributed by atoms with Crippen molar-refractivity contribution in [1.29, 1.82) is 0 Å². The SMILES string of the molecule is C=C1C=NC=C1C1(O)c2ccc(Cl)c(c2)OCCc2cccc(c2)/C(=C/C(=O)C(=C)C2CC2)c2cc1ccc2C. The van der Waals surface area contributed by atoms with Gasteiger partial charge in [0.25, 0.3) is 0 Å². The highest BCUT2D eigenvalue weighted by atomic mass is 35.5. The molecule has 6 rings (SSSR count). The fraction of sp³-hybridized carbons (Fsp3) is 0.200. The Morgan fingerprint density at radius 2 is 1.90 bits per heavy atom. The molecule has 4 nitrogen and oxygen atoms in total. The second-order valence-electron chi connectivity index (χ2n) is 10.8. The largest absolute Gasteiger partial charge is 0.492 e. The van der Waals surface area contributed by atoms with Crippen molar-refractivity contribution in [2.75, 3.05) is 6.61 Å². The number of allylic oxidation sites excluding steroid dienone is 2. The van der Waals surface area contributed by atoms with Crippen molar-refractivity contribution < 1.29 is 14.6 Å². The Hall–Kier alpha value is -3.99. The van der Waals surface area contributed by atoms with Gasteiger partial charge in [-0.1, -0.05) is 67.2 Å². The summed E-state index contributed by atoms with van der Waals surface area (Å²) in [6.45, 7) is 10.7. The van der Waals surface area contributed by atoms with Gasteiger partial charge in [0.2, 0.25) is 0 Å². The van der Waals surface area contributed by atoms with Crippen molar-refractivity contribution in [2.24, 2.45) is 10.9 Å². The Morgan fingerprint density at radius 3 is 2.65 bits per heavy atom.